The second-order valence-electron chi connectivity index (χ2n) is 4.20. The molecule has 1 aromatic carbocycles. The van der Waals surface area contributed by atoms with Crippen molar-refractivity contribution >= 4 is 0 Å². The number of nitrogens with one attached hydrogen (secondary N) is 1. The Kier molecular flexibility index (Phi) is 3.27. The summed E-state index contributed by atoms with van der Waals surface area (Å²) >= 11 is 0. The zero-order valence-electron chi connectivity index (χ0n) is 9.55. The summed E-state index contributed by atoms with van der Waals surface area (Å²) in [6.07, 6.45) is 3.83. The quantitative estimate of drug-likeness (QED) is 0.801. The second-order valence-corrected chi connectivity index (χ2v) is 4.20. The summed E-state index contributed by atoms with van der Waals surface area (Å²) in [5, 5.41) is 3.56. The molecule has 1 heterocycles. The van der Waals surface area contributed by atoms with E-state index in [1.165, 1.54) is 30.4 Å². The average Bonchev–Trinajstić information content (AvgIpc) is 2.30. The molecule has 2 heteroatoms. The average molecular weight is 205 g/mol. The molecule has 1 aliphatic heterocycles. The fourth-order valence-corrected chi connectivity index (χ4v) is 2.35. The summed E-state index contributed by atoms with van der Waals surface area (Å²) in [5.74, 6) is 1.05. The first-order chi connectivity index (χ1) is 7.33. The third kappa shape index (κ3) is 2.15. The van der Waals surface area contributed by atoms with Crippen LogP contribution in [0, 0.1) is 6.92 Å². The van der Waals surface area contributed by atoms with Crippen molar-refractivity contribution in [1.29, 1.82) is 0 Å². The maximum Gasteiger partial charge on any atom is 0.126 e. The van der Waals surface area contributed by atoms with Crippen LogP contribution in [0.1, 0.15) is 36.4 Å². The summed E-state index contributed by atoms with van der Waals surface area (Å²) in [6.45, 7) is 3.23. The highest BCUT2D eigenvalue weighted by molar-refractivity contribution is 5.42. The Bertz CT molecular complexity index is 329. The van der Waals surface area contributed by atoms with Gasteiger partial charge in [0.1, 0.15) is 5.75 Å². The van der Waals surface area contributed by atoms with Crippen molar-refractivity contribution in [3.8, 4) is 5.75 Å². The van der Waals surface area contributed by atoms with E-state index in [4.69, 9.17) is 4.74 Å². The molecule has 0 amide bonds. The van der Waals surface area contributed by atoms with Crippen LogP contribution in [0.5, 0.6) is 5.75 Å². The van der Waals surface area contributed by atoms with Crippen LogP contribution in [0.2, 0.25) is 0 Å². The van der Waals surface area contributed by atoms with Crippen molar-refractivity contribution in [1.82, 2.24) is 5.32 Å². The molecule has 1 aromatic rings. The molecule has 1 fully saturated rings. The minimum atomic E-state index is 0.480. The molecule has 82 valence electrons. The van der Waals surface area contributed by atoms with Gasteiger partial charge in [0.15, 0.2) is 0 Å². The minimum Gasteiger partial charge on any atom is -0.496 e. The summed E-state index contributed by atoms with van der Waals surface area (Å²) in [6, 6.07) is 6.87. The fourth-order valence-electron chi connectivity index (χ4n) is 2.35. The minimum absolute atomic E-state index is 0.480. The first-order valence-corrected chi connectivity index (χ1v) is 5.70. The Morgan fingerprint density at radius 1 is 1.33 bits per heavy atom. The molecule has 2 nitrogen and oxygen atoms in total. The number of ether oxygens (including phenoxy) is 1. The molecule has 0 unspecified atom stereocenters. The lowest BCUT2D eigenvalue weighted by Gasteiger charge is -2.25. The first-order valence-electron chi connectivity index (χ1n) is 5.70. The van der Waals surface area contributed by atoms with E-state index in [0.717, 1.165) is 12.3 Å². The van der Waals surface area contributed by atoms with E-state index in [1.807, 2.05) is 0 Å². The Morgan fingerprint density at radius 2 is 2.20 bits per heavy atom. The maximum atomic E-state index is 5.49. The molecule has 15 heavy (non-hydrogen) atoms. The predicted molar refractivity (Wildman–Crippen MR) is 62.3 cm³/mol. The number of benzene rings is 1. The van der Waals surface area contributed by atoms with Gasteiger partial charge in [-0.3, -0.25) is 0 Å². The lowest BCUT2D eigenvalue weighted by molar-refractivity contribution is 0.372. The Balaban J connectivity index is 2.29. The molecule has 2 rings (SSSR count). The summed E-state index contributed by atoms with van der Waals surface area (Å²) in [5.41, 5.74) is 2.54. The third-order valence-corrected chi connectivity index (χ3v) is 3.13. The highest BCUT2D eigenvalue weighted by atomic mass is 16.5. The number of piperidine rings is 1. The molecule has 1 aliphatic rings. The van der Waals surface area contributed by atoms with Gasteiger partial charge in [-0.25, -0.2) is 0 Å². The van der Waals surface area contributed by atoms with Gasteiger partial charge in [-0.2, -0.15) is 0 Å². The summed E-state index contributed by atoms with van der Waals surface area (Å²) in [4.78, 5) is 0. The van der Waals surface area contributed by atoms with Crippen LogP contribution >= 0.6 is 0 Å². The molecule has 1 atom stereocenters. The van der Waals surface area contributed by atoms with E-state index >= 15 is 0 Å². The van der Waals surface area contributed by atoms with Gasteiger partial charge in [0.25, 0.3) is 0 Å². The maximum absolute atomic E-state index is 5.49. The molecule has 0 aromatic heterocycles. The molecule has 0 saturated carbocycles. The highest BCUT2D eigenvalue weighted by Gasteiger charge is 2.18. The fraction of sp³-hybridized carbons (Fsp3) is 0.538. The lowest BCUT2D eigenvalue weighted by atomic mass is 9.95. The molecule has 1 saturated heterocycles. The van der Waals surface area contributed by atoms with E-state index in [1.54, 1.807) is 7.11 Å². The number of hydrogen-bond acceptors (Lipinski definition) is 2. The van der Waals surface area contributed by atoms with Gasteiger partial charge in [0, 0.05) is 11.6 Å². The van der Waals surface area contributed by atoms with Gasteiger partial charge in [0.05, 0.1) is 7.11 Å². The monoisotopic (exact) mass is 205 g/mol. The smallest absolute Gasteiger partial charge is 0.126 e. The van der Waals surface area contributed by atoms with E-state index in [0.29, 0.717) is 6.04 Å². The van der Waals surface area contributed by atoms with Crippen molar-refractivity contribution in [3.05, 3.63) is 29.3 Å². The van der Waals surface area contributed by atoms with Gasteiger partial charge >= 0.3 is 0 Å². The molecule has 0 radical (unpaired) electrons. The Morgan fingerprint density at radius 3 is 2.87 bits per heavy atom. The van der Waals surface area contributed by atoms with Crippen molar-refractivity contribution in [2.75, 3.05) is 13.7 Å². The van der Waals surface area contributed by atoms with Crippen molar-refractivity contribution < 1.29 is 4.74 Å². The van der Waals surface area contributed by atoms with Crippen molar-refractivity contribution in [3.63, 3.8) is 0 Å². The van der Waals surface area contributed by atoms with E-state index in [9.17, 15) is 0 Å². The standard InChI is InChI=1S/C13H19NO/c1-10-6-5-7-11(13(10)15-2)12-8-3-4-9-14-12/h5-7,12,14H,3-4,8-9H2,1-2H3/t12-/m1/s1. The zero-order chi connectivity index (χ0) is 10.7. The Hall–Kier alpha value is -1.02. The summed E-state index contributed by atoms with van der Waals surface area (Å²) < 4.78 is 5.49. The summed E-state index contributed by atoms with van der Waals surface area (Å²) in [7, 11) is 1.76. The van der Waals surface area contributed by atoms with Gasteiger partial charge in [0.2, 0.25) is 0 Å². The van der Waals surface area contributed by atoms with Crippen LogP contribution in [0.15, 0.2) is 18.2 Å². The third-order valence-electron chi connectivity index (χ3n) is 3.13. The van der Waals surface area contributed by atoms with Crippen molar-refractivity contribution in [2.24, 2.45) is 0 Å². The zero-order valence-corrected chi connectivity index (χ0v) is 9.55. The van der Waals surface area contributed by atoms with E-state index < -0.39 is 0 Å². The van der Waals surface area contributed by atoms with E-state index in [2.05, 4.69) is 30.4 Å². The topological polar surface area (TPSA) is 21.3 Å². The number of para-hydroxylation sites is 1. The molecule has 0 spiro atoms. The molecule has 1 N–H and O–H groups in total. The van der Waals surface area contributed by atoms with E-state index in [-0.39, 0.29) is 0 Å². The molecular formula is C13H19NO. The van der Waals surface area contributed by atoms with Crippen LogP contribution in [0.3, 0.4) is 0 Å². The molecular weight excluding hydrogens is 186 g/mol. The largest absolute Gasteiger partial charge is 0.496 e. The van der Waals surface area contributed by atoms with Gasteiger partial charge in [-0.1, -0.05) is 24.6 Å². The predicted octanol–water partition coefficient (Wildman–Crippen LogP) is 2.82. The Labute approximate surface area is 91.6 Å². The first kappa shape index (κ1) is 10.5. The van der Waals surface area contributed by atoms with Gasteiger partial charge in [-0.15, -0.1) is 0 Å². The molecule has 0 aliphatic carbocycles. The SMILES string of the molecule is COc1c(C)cccc1[C@H]1CCCCN1. The lowest BCUT2D eigenvalue weighted by Crippen LogP contribution is -2.27. The van der Waals surface area contributed by atoms with Crippen LogP contribution in [0.4, 0.5) is 0 Å². The number of aryl methyl sites for hydroxylation is 1. The van der Waals surface area contributed by atoms with Gasteiger partial charge in [-0.05, 0) is 31.9 Å². The normalized spacial score (nSPS) is 21.3. The van der Waals surface area contributed by atoms with Crippen LogP contribution in [-0.4, -0.2) is 13.7 Å². The molecule has 0 bridgehead atoms. The van der Waals surface area contributed by atoms with Crippen LogP contribution in [0.25, 0.3) is 0 Å². The van der Waals surface area contributed by atoms with Gasteiger partial charge < -0.3 is 10.1 Å². The number of rotatable bonds is 2. The van der Waals surface area contributed by atoms with Crippen LogP contribution < -0.4 is 10.1 Å². The second kappa shape index (κ2) is 4.67. The number of hydrogen-bond donors (Lipinski definition) is 1. The number of methoxy groups -OCH3 is 1. The van der Waals surface area contributed by atoms with Crippen molar-refractivity contribution in [2.45, 2.75) is 32.2 Å². The van der Waals surface area contributed by atoms with Crippen LogP contribution in [-0.2, 0) is 0 Å². The highest BCUT2D eigenvalue weighted by Crippen LogP contribution is 2.32.